The number of rotatable bonds is 6. The van der Waals surface area contributed by atoms with Crippen LogP contribution in [0, 0.1) is 15.9 Å². The van der Waals surface area contributed by atoms with Gasteiger partial charge in [0, 0.05) is 25.0 Å². The van der Waals surface area contributed by atoms with Crippen LogP contribution in [0.4, 0.5) is 16.0 Å². The Bertz CT molecular complexity index is 953. The molecule has 0 spiro atoms. The molecule has 1 N–H and O–H groups in total. The largest absolute Gasteiger partial charge is 0.379 e. The lowest BCUT2D eigenvalue weighted by Gasteiger charge is -2.34. The van der Waals surface area contributed by atoms with E-state index in [0.29, 0.717) is 37.8 Å². The van der Waals surface area contributed by atoms with Gasteiger partial charge >= 0.3 is 5.82 Å². The molecule has 4 rings (SSSR count). The second-order valence-electron chi connectivity index (χ2n) is 6.20. The van der Waals surface area contributed by atoms with Gasteiger partial charge in [0.2, 0.25) is 5.82 Å². The van der Waals surface area contributed by atoms with E-state index in [9.17, 15) is 14.5 Å². The highest BCUT2D eigenvalue weighted by atomic mass is 32.1. The summed E-state index contributed by atoms with van der Waals surface area (Å²) in [6, 6.07) is 6.30. The summed E-state index contributed by atoms with van der Waals surface area (Å²) in [6.45, 7) is 3.00. The van der Waals surface area contributed by atoms with Crippen LogP contribution in [0.2, 0.25) is 0 Å². The highest BCUT2D eigenvalue weighted by Crippen LogP contribution is 2.30. The Morgan fingerprint density at radius 3 is 2.96 bits per heavy atom. The molecular formula is C17H18FN5O3S. The molecule has 10 heteroatoms. The minimum absolute atomic E-state index is 0.0915. The molecule has 0 bridgehead atoms. The Kier molecular flexibility index (Phi) is 5.01. The SMILES string of the molecule is O=[N+]([O-])c1c(NCC(c2cccc(F)c2)N2CCOCC2)nc2sccn12. The van der Waals surface area contributed by atoms with E-state index in [2.05, 4.69) is 15.2 Å². The minimum Gasteiger partial charge on any atom is -0.379 e. The molecule has 1 unspecified atom stereocenters. The van der Waals surface area contributed by atoms with Crippen LogP contribution in [-0.4, -0.2) is 52.1 Å². The normalized spacial score (nSPS) is 16.5. The van der Waals surface area contributed by atoms with Crippen molar-refractivity contribution in [2.75, 3.05) is 38.2 Å². The van der Waals surface area contributed by atoms with Crippen molar-refractivity contribution in [3.05, 3.63) is 57.3 Å². The number of morpholine rings is 1. The van der Waals surface area contributed by atoms with Crippen molar-refractivity contribution < 1.29 is 14.1 Å². The van der Waals surface area contributed by atoms with E-state index in [4.69, 9.17) is 4.74 Å². The molecule has 27 heavy (non-hydrogen) atoms. The second-order valence-corrected chi connectivity index (χ2v) is 7.07. The summed E-state index contributed by atoms with van der Waals surface area (Å²) in [5.41, 5.74) is 0.813. The zero-order valence-corrected chi connectivity index (χ0v) is 15.2. The van der Waals surface area contributed by atoms with Gasteiger partial charge in [-0.2, -0.15) is 9.38 Å². The van der Waals surface area contributed by atoms with E-state index in [1.165, 1.54) is 27.9 Å². The average Bonchev–Trinajstić information content (AvgIpc) is 3.23. The zero-order valence-electron chi connectivity index (χ0n) is 14.4. The molecule has 0 aliphatic carbocycles. The molecule has 8 nitrogen and oxygen atoms in total. The molecule has 142 valence electrons. The van der Waals surface area contributed by atoms with Crippen LogP contribution in [0.1, 0.15) is 11.6 Å². The molecular weight excluding hydrogens is 373 g/mol. The standard InChI is InChI=1S/C17H18FN5O3S/c18-13-3-1-2-12(10-13)14(21-4-7-26-8-5-21)11-19-15-16(23(24)25)22-6-9-27-17(22)20-15/h1-3,6,9-10,14,19H,4-5,7-8,11H2. The monoisotopic (exact) mass is 391 g/mol. The summed E-state index contributed by atoms with van der Waals surface area (Å²) in [4.78, 5) is 18.1. The molecule has 0 radical (unpaired) electrons. The average molecular weight is 391 g/mol. The number of aromatic nitrogens is 2. The van der Waals surface area contributed by atoms with Gasteiger partial charge in [0.1, 0.15) is 12.0 Å². The van der Waals surface area contributed by atoms with Crippen LogP contribution in [0.15, 0.2) is 35.8 Å². The number of fused-ring (bicyclic) bond motifs is 1. The van der Waals surface area contributed by atoms with E-state index in [1.54, 1.807) is 17.6 Å². The predicted molar refractivity (Wildman–Crippen MR) is 99.7 cm³/mol. The lowest BCUT2D eigenvalue weighted by Crippen LogP contribution is -2.41. The molecule has 1 fully saturated rings. The maximum atomic E-state index is 13.8. The van der Waals surface area contributed by atoms with Crippen LogP contribution < -0.4 is 5.32 Å². The van der Waals surface area contributed by atoms with Gasteiger partial charge in [0.25, 0.3) is 4.96 Å². The van der Waals surface area contributed by atoms with Gasteiger partial charge in [-0.15, -0.1) is 0 Å². The Morgan fingerprint density at radius 2 is 2.22 bits per heavy atom. The van der Waals surface area contributed by atoms with E-state index in [0.717, 1.165) is 5.56 Å². The van der Waals surface area contributed by atoms with Gasteiger partial charge in [-0.25, -0.2) is 4.39 Å². The molecule has 3 heterocycles. The first-order valence-corrected chi connectivity index (χ1v) is 9.42. The third kappa shape index (κ3) is 3.64. The fourth-order valence-electron chi connectivity index (χ4n) is 3.32. The molecule has 1 atom stereocenters. The lowest BCUT2D eigenvalue weighted by atomic mass is 10.0. The maximum absolute atomic E-state index is 13.8. The molecule has 1 aliphatic rings. The molecule has 1 saturated heterocycles. The van der Waals surface area contributed by atoms with Crippen LogP contribution in [0.25, 0.3) is 4.96 Å². The van der Waals surface area contributed by atoms with Gasteiger partial charge in [-0.3, -0.25) is 4.90 Å². The first-order valence-electron chi connectivity index (χ1n) is 8.54. The lowest BCUT2D eigenvalue weighted by molar-refractivity contribution is -0.389. The predicted octanol–water partition coefficient (Wildman–Crippen LogP) is 2.93. The third-order valence-electron chi connectivity index (χ3n) is 4.59. The highest BCUT2D eigenvalue weighted by Gasteiger charge is 2.27. The van der Waals surface area contributed by atoms with E-state index >= 15 is 0 Å². The number of nitrogens with zero attached hydrogens (tertiary/aromatic N) is 4. The molecule has 1 aliphatic heterocycles. The highest BCUT2D eigenvalue weighted by molar-refractivity contribution is 7.15. The van der Waals surface area contributed by atoms with Crippen molar-refractivity contribution in [1.29, 1.82) is 0 Å². The summed E-state index contributed by atoms with van der Waals surface area (Å²) in [5, 5.41) is 16.4. The number of hydrogen-bond donors (Lipinski definition) is 1. The number of imidazole rings is 1. The molecule has 3 aromatic rings. The summed E-state index contributed by atoms with van der Waals surface area (Å²) in [5.74, 6) is -0.174. The third-order valence-corrected chi connectivity index (χ3v) is 5.35. The van der Waals surface area contributed by atoms with Crippen LogP contribution in [0.5, 0.6) is 0 Å². The van der Waals surface area contributed by atoms with Crippen molar-refractivity contribution in [2.24, 2.45) is 0 Å². The zero-order chi connectivity index (χ0) is 18.8. The number of nitro groups is 1. The van der Waals surface area contributed by atoms with Crippen LogP contribution >= 0.6 is 11.3 Å². The fourth-order valence-corrected chi connectivity index (χ4v) is 4.03. The first-order chi connectivity index (χ1) is 13.1. The topological polar surface area (TPSA) is 84.9 Å². The minimum atomic E-state index is -0.443. The van der Waals surface area contributed by atoms with E-state index in [1.807, 2.05) is 6.07 Å². The number of halogens is 1. The smallest absolute Gasteiger partial charge is 0.372 e. The van der Waals surface area contributed by atoms with Gasteiger partial charge in [0.05, 0.1) is 19.3 Å². The van der Waals surface area contributed by atoms with Crippen LogP contribution in [-0.2, 0) is 4.74 Å². The van der Waals surface area contributed by atoms with Gasteiger partial charge in [0.15, 0.2) is 0 Å². The Morgan fingerprint density at radius 1 is 1.41 bits per heavy atom. The van der Waals surface area contributed by atoms with Crippen LogP contribution in [0.3, 0.4) is 0 Å². The molecule has 0 saturated carbocycles. The number of nitrogens with one attached hydrogen (secondary N) is 1. The van der Waals surface area contributed by atoms with Gasteiger partial charge in [-0.05, 0) is 22.6 Å². The fraction of sp³-hybridized carbons (Fsp3) is 0.353. The summed E-state index contributed by atoms with van der Waals surface area (Å²) >= 11 is 1.33. The first kappa shape index (κ1) is 17.8. The van der Waals surface area contributed by atoms with Gasteiger partial charge in [-0.1, -0.05) is 23.5 Å². The quantitative estimate of drug-likeness (QED) is 0.514. The summed E-state index contributed by atoms with van der Waals surface area (Å²) in [7, 11) is 0. The number of anilines is 1. The van der Waals surface area contributed by atoms with Crippen molar-refractivity contribution >= 4 is 27.9 Å². The molecule has 0 amide bonds. The van der Waals surface area contributed by atoms with Crippen molar-refractivity contribution in [2.45, 2.75) is 6.04 Å². The van der Waals surface area contributed by atoms with Crippen molar-refractivity contribution in [3.8, 4) is 0 Å². The van der Waals surface area contributed by atoms with E-state index in [-0.39, 0.29) is 23.5 Å². The Hall–Kier alpha value is -2.56. The van der Waals surface area contributed by atoms with Gasteiger partial charge < -0.3 is 20.2 Å². The molecule has 1 aromatic carbocycles. The van der Waals surface area contributed by atoms with E-state index < -0.39 is 4.92 Å². The van der Waals surface area contributed by atoms with Crippen molar-refractivity contribution in [3.63, 3.8) is 0 Å². The van der Waals surface area contributed by atoms with Crippen molar-refractivity contribution in [1.82, 2.24) is 14.3 Å². The summed E-state index contributed by atoms with van der Waals surface area (Å²) < 4.78 is 20.6. The molecule has 2 aromatic heterocycles. The number of thiazole rings is 1. The summed E-state index contributed by atoms with van der Waals surface area (Å²) in [6.07, 6.45) is 1.63. The number of hydrogen-bond acceptors (Lipinski definition) is 7. The Labute approximate surface area is 158 Å². The number of benzene rings is 1. The Balaban J connectivity index is 1.61. The maximum Gasteiger partial charge on any atom is 0.372 e. The number of ether oxygens (including phenoxy) is 1. The second kappa shape index (κ2) is 7.59.